The van der Waals surface area contributed by atoms with Crippen molar-refractivity contribution in [1.29, 1.82) is 0 Å². The first kappa shape index (κ1) is 18.6. The highest BCUT2D eigenvalue weighted by Gasteiger charge is 2.22. The first-order valence-electron chi connectivity index (χ1n) is 9.39. The third-order valence-electron chi connectivity index (χ3n) is 5.13. The van der Waals surface area contributed by atoms with Crippen LogP contribution in [-0.2, 0) is 28.0 Å². The van der Waals surface area contributed by atoms with Gasteiger partial charge in [0.15, 0.2) is 0 Å². The van der Waals surface area contributed by atoms with E-state index in [1.54, 1.807) is 0 Å². The molecule has 0 amide bonds. The summed E-state index contributed by atoms with van der Waals surface area (Å²) in [6.07, 6.45) is 0. The standard InChI is InChI=1S/C20H32N2O3/c1-20(2,3)18-12-16(14-21-4-8-24-9-5-21)19(23)17(13-18)15-22-6-10-25-11-7-22/h12-13,23H,4-11,14-15H2,1-3H3. The average molecular weight is 348 g/mol. The Morgan fingerprint density at radius 3 is 1.60 bits per heavy atom. The normalized spacial score (nSPS) is 20.8. The number of morpholine rings is 2. The summed E-state index contributed by atoms with van der Waals surface area (Å²) >= 11 is 0. The Morgan fingerprint density at radius 2 is 1.24 bits per heavy atom. The molecule has 1 aromatic rings. The van der Waals surface area contributed by atoms with Gasteiger partial charge in [-0.3, -0.25) is 9.80 Å². The van der Waals surface area contributed by atoms with Crippen LogP contribution >= 0.6 is 0 Å². The zero-order valence-corrected chi connectivity index (χ0v) is 15.9. The van der Waals surface area contributed by atoms with Crippen LogP contribution in [0.1, 0.15) is 37.5 Å². The molecule has 140 valence electrons. The lowest BCUT2D eigenvalue weighted by Crippen LogP contribution is -2.36. The van der Waals surface area contributed by atoms with E-state index in [4.69, 9.17) is 9.47 Å². The molecule has 0 atom stereocenters. The van der Waals surface area contributed by atoms with Gasteiger partial charge in [-0.2, -0.15) is 0 Å². The Hall–Kier alpha value is -1.14. The van der Waals surface area contributed by atoms with E-state index in [0.717, 1.165) is 76.8 Å². The smallest absolute Gasteiger partial charge is 0.124 e. The van der Waals surface area contributed by atoms with E-state index >= 15 is 0 Å². The lowest BCUT2D eigenvalue weighted by Gasteiger charge is -2.30. The molecule has 5 heteroatoms. The number of phenolic OH excluding ortho intramolecular Hbond substituents is 1. The van der Waals surface area contributed by atoms with E-state index in [1.165, 1.54) is 5.56 Å². The molecule has 2 aliphatic rings. The number of hydrogen-bond donors (Lipinski definition) is 1. The lowest BCUT2D eigenvalue weighted by atomic mass is 9.84. The Balaban J connectivity index is 1.85. The van der Waals surface area contributed by atoms with Crippen LogP contribution < -0.4 is 0 Å². The summed E-state index contributed by atoms with van der Waals surface area (Å²) in [5.74, 6) is 0.464. The molecule has 0 saturated carbocycles. The minimum atomic E-state index is 0.0627. The molecular weight excluding hydrogens is 316 g/mol. The quantitative estimate of drug-likeness (QED) is 0.905. The van der Waals surface area contributed by atoms with Crippen LogP contribution in [-0.4, -0.2) is 67.5 Å². The van der Waals surface area contributed by atoms with Crippen LogP contribution in [0, 0.1) is 0 Å². The van der Waals surface area contributed by atoms with Crippen LogP contribution in [0.5, 0.6) is 5.75 Å². The zero-order chi connectivity index (χ0) is 17.9. The van der Waals surface area contributed by atoms with E-state index in [9.17, 15) is 5.11 Å². The number of phenols is 1. The zero-order valence-electron chi connectivity index (χ0n) is 15.9. The van der Waals surface area contributed by atoms with Crippen LogP contribution in [0.2, 0.25) is 0 Å². The third-order valence-corrected chi connectivity index (χ3v) is 5.13. The summed E-state index contributed by atoms with van der Waals surface area (Å²) < 4.78 is 10.9. The monoisotopic (exact) mass is 348 g/mol. The molecule has 2 saturated heterocycles. The van der Waals surface area contributed by atoms with Crippen molar-refractivity contribution in [3.63, 3.8) is 0 Å². The molecule has 1 aromatic carbocycles. The maximum atomic E-state index is 10.9. The van der Waals surface area contributed by atoms with Gasteiger partial charge in [0.1, 0.15) is 5.75 Å². The minimum Gasteiger partial charge on any atom is -0.507 e. The molecular formula is C20H32N2O3. The van der Waals surface area contributed by atoms with Crippen molar-refractivity contribution >= 4 is 0 Å². The number of rotatable bonds is 4. The second-order valence-corrected chi connectivity index (χ2v) is 8.17. The van der Waals surface area contributed by atoms with E-state index < -0.39 is 0 Å². The molecule has 2 fully saturated rings. The molecule has 0 unspecified atom stereocenters. The van der Waals surface area contributed by atoms with Gasteiger partial charge < -0.3 is 14.6 Å². The van der Waals surface area contributed by atoms with Crippen LogP contribution in [0.15, 0.2) is 12.1 Å². The number of hydrogen-bond acceptors (Lipinski definition) is 5. The van der Waals surface area contributed by atoms with Crippen molar-refractivity contribution in [3.05, 3.63) is 28.8 Å². The summed E-state index contributed by atoms with van der Waals surface area (Å²) in [6.45, 7) is 15.1. The lowest BCUT2D eigenvalue weighted by molar-refractivity contribution is 0.0327. The Bertz CT molecular complexity index is 530. The fraction of sp³-hybridized carbons (Fsp3) is 0.700. The summed E-state index contributed by atoms with van der Waals surface area (Å²) in [7, 11) is 0. The molecule has 0 spiro atoms. The summed E-state index contributed by atoms with van der Waals surface area (Å²) in [5.41, 5.74) is 3.43. The highest BCUT2D eigenvalue weighted by molar-refractivity contribution is 5.45. The van der Waals surface area contributed by atoms with Crippen molar-refractivity contribution in [3.8, 4) is 5.75 Å². The van der Waals surface area contributed by atoms with Gasteiger partial charge in [-0.25, -0.2) is 0 Å². The molecule has 25 heavy (non-hydrogen) atoms. The molecule has 2 heterocycles. The predicted molar refractivity (Wildman–Crippen MR) is 99.0 cm³/mol. The van der Waals surface area contributed by atoms with Gasteiger partial charge in [-0.15, -0.1) is 0 Å². The van der Waals surface area contributed by atoms with Gasteiger partial charge >= 0.3 is 0 Å². The van der Waals surface area contributed by atoms with Crippen molar-refractivity contribution < 1.29 is 14.6 Å². The molecule has 5 nitrogen and oxygen atoms in total. The molecule has 2 aliphatic heterocycles. The highest BCUT2D eigenvalue weighted by atomic mass is 16.5. The first-order chi connectivity index (χ1) is 11.9. The molecule has 0 aromatic heterocycles. The SMILES string of the molecule is CC(C)(C)c1cc(CN2CCOCC2)c(O)c(CN2CCOCC2)c1. The molecule has 0 aliphatic carbocycles. The number of benzene rings is 1. The predicted octanol–water partition coefficient (Wildman–Crippen LogP) is 2.35. The van der Waals surface area contributed by atoms with E-state index in [1.807, 2.05) is 0 Å². The highest BCUT2D eigenvalue weighted by Crippen LogP contribution is 2.33. The Labute approximate surface area is 151 Å². The third kappa shape index (κ3) is 4.94. The van der Waals surface area contributed by atoms with Gasteiger partial charge in [0.25, 0.3) is 0 Å². The van der Waals surface area contributed by atoms with Crippen LogP contribution in [0.3, 0.4) is 0 Å². The van der Waals surface area contributed by atoms with E-state index in [2.05, 4.69) is 42.7 Å². The number of aromatic hydroxyl groups is 1. The van der Waals surface area contributed by atoms with Gasteiger partial charge in [-0.05, 0) is 11.0 Å². The minimum absolute atomic E-state index is 0.0627. The van der Waals surface area contributed by atoms with Crippen molar-refractivity contribution in [2.45, 2.75) is 39.3 Å². The summed E-state index contributed by atoms with van der Waals surface area (Å²) in [4.78, 5) is 4.73. The number of ether oxygens (including phenoxy) is 2. The largest absolute Gasteiger partial charge is 0.507 e. The maximum absolute atomic E-state index is 10.9. The Morgan fingerprint density at radius 1 is 0.840 bits per heavy atom. The maximum Gasteiger partial charge on any atom is 0.124 e. The second-order valence-electron chi connectivity index (χ2n) is 8.17. The molecule has 1 N–H and O–H groups in total. The van der Waals surface area contributed by atoms with Crippen molar-refractivity contribution in [1.82, 2.24) is 9.80 Å². The first-order valence-corrected chi connectivity index (χ1v) is 9.39. The van der Waals surface area contributed by atoms with Gasteiger partial charge in [-0.1, -0.05) is 32.9 Å². The average Bonchev–Trinajstić information content (AvgIpc) is 2.59. The summed E-state index contributed by atoms with van der Waals surface area (Å²) in [5, 5.41) is 10.9. The Kier molecular flexibility index (Phi) is 6.00. The molecule has 0 bridgehead atoms. The topological polar surface area (TPSA) is 45.2 Å². The number of nitrogens with zero attached hydrogens (tertiary/aromatic N) is 2. The van der Waals surface area contributed by atoms with E-state index in [-0.39, 0.29) is 5.41 Å². The second kappa shape index (κ2) is 8.04. The van der Waals surface area contributed by atoms with Crippen molar-refractivity contribution in [2.75, 3.05) is 52.6 Å². The van der Waals surface area contributed by atoms with Crippen LogP contribution in [0.25, 0.3) is 0 Å². The van der Waals surface area contributed by atoms with Crippen molar-refractivity contribution in [2.24, 2.45) is 0 Å². The fourth-order valence-corrected chi connectivity index (χ4v) is 3.43. The van der Waals surface area contributed by atoms with Gasteiger partial charge in [0.05, 0.1) is 26.4 Å². The van der Waals surface area contributed by atoms with Crippen LogP contribution in [0.4, 0.5) is 0 Å². The van der Waals surface area contributed by atoms with E-state index in [0.29, 0.717) is 5.75 Å². The van der Waals surface area contributed by atoms with Gasteiger partial charge in [0, 0.05) is 50.4 Å². The summed E-state index contributed by atoms with van der Waals surface area (Å²) in [6, 6.07) is 4.38. The molecule has 0 radical (unpaired) electrons. The van der Waals surface area contributed by atoms with Gasteiger partial charge in [0.2, 0.25) is 0 Å². The molecule has 3 rings (SSSR count). The fourth-order valence-electron chi connectivity index (χ4n) is 3.43.